The summed E-state index contributed by atoms with van der Waals surface area (Å²) in [6.45, 7) is 13.2. The van der Waals surface area contributed by atoms with Gasteiger partial charge >= 0.3 is 6.01 Å². The quantitative estimate of drug-likeness (QED) is 0.229. The first kappa shape index (κ1) is 31.9. The summed E-state index contributed by atoms with van der Waals surface area (Å²) >= 11 is 0.969. The normalized spacial score (nSPS) is 24.7. The van der Waals surface area contributed by atoms with Gasteiger partial charge in [0, 0.05) is 54.8 Å². The second-order valence-corrected chi connectivity index (χ2v) is 15.2. The average Bonchev–Trinajstić information content (AvgIpc) is 3.76. The second-order valence-electron chi connectivity index (χ2n) is 14.2. The van der Waals surface area contributed by atoms with Gasteiger partial charge in [-0.15, -0.1) is 11.3 Å². The van der Waals surface area contributed by atoms with Crippen molar-refractivity contribution in [1.82, 2.24) is 19.9 Å². The van der Waals surface area contributed by atoms with Crippen LogP contribution < -0.4 is 15.4 Å². The number of hydrogen-bond donors (Lipinski definition) is 1. The molecule has 0 amide bonds. The van der Waals surface area contributed by atoms with Crippen LogP contribution in [0.3, 0.4) is 0 Å². The monoisotopic (exact) mass is 661 g/mol. The number of halogens is 2. The summed E-state index contributed by atoms with van der Waals surface area (Å²) in [4.78, 5) is 18.8. The Hall–Kier alpha value is -3.66. The van der Waals surface area contributed by atoms with Crippen LogP contribution in [0.4, 0.5) is 19.6 Å². The summed E-state index contributed by atoms with van der Waals surface area (Å²) in [5, 5.41) is 10.8. The third-order valence-corrected chi connectivity index (χ3v) is 11.1. The molecule has 0 spiro atoms. The van der Waals surface area contributed by atoms with Crippen molar-refractivity contribution in [2.45, 2.75) is 65.5 Å². The van der Waals surface area contributed by atoms with E-state index in [4.69, 9.17) is 20.2 Å². The van der Waals surface area contributed by atoms with Gasteiger partial charge in [0.15, 0.2) is 5.82 Å². The van der Waals surface area contributed by atoms with Crippen LogP contribution in [0.5, 0.6) is 6.01 Å². The molecule has 248 valence electrons. The topological polar surface area (TPSA) is 113 Å². The summed E-state index contributed by atoms with van der Waals surface area (Å²) in [6, 6.07) is 5.23. The maximum atomic E-state index is 16.8. The lowest BCUT2D eigenvalue weighted by Crippen LogP contribution is -2.50. The second kappa shape index (κ2) is 12.4. The summed E-state index contributed by atoms with van der Waals surface area (Å²) in [6.07, 6.45) is 6.08. The van der Waals surface area contributed by atoms with E-state index in [1.54, 1.807) is 6.20 Å². The van der Waals surface area contributed by atoms with E-state index in [9.17, 15) is 9.65 Å². The molecule has 47 heavy (non-hydrogen) atoms. The van der Waals surface area contributed by atoms with Crippen LogP contribution in [0, 0.1) is 40.2 Å². The highest BCUT2D eigenvalue weighted by molar-refractivity contribution is 7.23. The molecule has 3 aromatic heterocycles. The van der Waals surface area contributed by atoms with Gasteiger partial charge in [0.2, 0.25) is 0 Å². The van der Waals surface area contributed by atoms with E-state index >= 15 is 4.39 Å². The Balaban J connectivity index is 1.30. The van der Waals surface area contributed by atoms with Crippen LogP contribution in [-0.4, -0.2) is 71.4 Å². The molecule has 2 aliphatic heterocycles. The van der Waals surface area contributed by atoms with E-state index in [1.165, 1.54) is 12.1 Å². The van der Waals surface area contributed by atoms with Gasteiger partial charge in [0.25, 0.3) is 0 Å². The smallest absolute Gasteiger partial charge is 0.319 e. The first-order valence-electron chi connectivity index (χ1n) is 16.6. The van der Waals surface area contributed by atoms with Gasteiger partial charge in [-0.3, -0.25) is 9.88 Å². The predicted molar refractivity (Wildman–Crippen MR) is 181 cm³/mol. The Bertz CT molecular complexity index is 1860. The SMILES string of the molecule is CC1CCC(C)CN(c2nc(OCC3(CN4C[C@@H](C)OC[C@@H]4C)CC3)nc3c(F)c(-c4ccc(F)c5sc(N)c(C#N)c45)ncc23)C1. The van der Waals surface area contributed by atoms with Gasteiger partial charge in [0.05, 0.1) is 35.0 Å². The molecular weight excluding hydrogens is 620 g/mol. The molecular formula is C35H41F2N7O2S. The number of morpholine rings is 1. The van der Waals surface area contributed by atoms with Crippen LogP contribution in [0.2, 0.25) is 0 Å². The number of aromatic nitrogens is 3. The Kier molecular flexibility index (Phi) is 8.43. The van der Waals surface area contributed by atoms with Gasteiger partial charge in [-0.1, -0.05) is 13.8 Å². The Labute approximate surface area is 277 Å². The van der Waals surface area contributed by atoms with Crippen LogP contribution in [-0.2, 0) is 4.74 Å². The summed E-state index contributed by atoms with van der Waals surface area (Å²) in [5.74, 6) is 0.263. The molecule has 4 atom stereocenters. The maximum Gasteiger partial charge on any atom is 0.319 e. The molecule has 12 heteroatoms. The van der Waals surface area contributed by atoms with Gasteiger partial charge in [0.1, 0.15) is 33.9 Å². The predicted octanol–water partition coefficient (Wildman–Crippen LogP) is 6.78. The number of hydrogen-bond acceptors (Lipinski definition) is 10. The zero-order chi connectivity index (χ0) is 33.0. The zero-order valence-electron chi connectivity index (χ0n) is 27.4. The fourth-order valence-electron chi connectivity index (χ4n) is 7.13. The van der Waals surface area contributed by atoms with Crippen LogP contribution in [0.15, 0.2) is 18.3 Å². The highest BCUT2D eigenvalue weighted by Gasteiger charge is 2.46. The van der Waals surface area contributed by atoms with Crippen molar-refractivity contribution in [3.63, 3.8) is 0 Å². The molecule has 7 rings (SSSR count). The molecule has 3 fully saturated rings. The first-order chi connectivity index (χ1) is 22.6. The third-order valence-electron chi connectivity index (χ3n) is 10.1. The van der Waals surface area contributed by atoms with Crippen molar-refractivity contribution in [2.75, 3.05) is 50.0 Å². The first-order valence-corrected chi connectivity index (χ1v) is 17.4. The molecule has 0 radical (unpaired) electrons. The molecule has 1 aromatic carbocycles. The van der Waals surface area contributed by atoms with E-state index in [0.29, 0.717) is 42.3 Å². The van der Waals surface area contributed by atoms with Crippen molar-refractivity contribution in [2.24, 2.45) is 17.3 Å². The fourth-order valence-corrected chi connectivity index (χ4v) is 8.08. The molecule has 1 saturated carbocycles. The number of nitrogen functional groups attached to an aromatic ring is 1. The standard InChI is InChI=1S/C35H41F2N7O2S/c1-19-5-6-20(2)14-43(13-19)33-25-12-40-29(23-7-8-26(36)31-27(23)24(11-38)32(39)47-31)28(37)30(25)41-34(42-33)46-18-35(9-10-35)17-44-15-22(4)45-16-21(44)3/h7-8,12,19-22H,5-6,9-10,13-18,39H2,1-4H3/t19?,20?,21-,22+/m0/s1. The van der Waals surface area contributed by atoms with Crippen molar-refractivity contribution >= 4 is 43.1 Å². The number of nitrogens with zero attached hydrogens (tertiary/aromatic N) is 6. The molecule has 9 nitrogen and oxygen atoms in total. The zero-order valence-corrected chi connectivity index (χ0v) is 28.2. The van der Waals surface area contributed by atoms with Crippen molar-refractivity contribution in [3.05, 3.63) is 35.5 Å². The van der Waals surface area contributed by atoms with Crippen molar-refractivity contribution in [1.29, 1.82) is 5.26 Å². The molecule has 3 aliphatic rings. The fraction of sp³-hybridized carbons (Fsp3) is 0.543. The number of rotatable bonds is 7. The maximum absolute atomic E-state index is 16.8. The van der Waals surface area contributed by atoms with Gasteiger partial charge < -0.3 is 20.1 Å². The minimum absolute atomic E-state index is 0.0102. The van der Waals surface area contributed by atoms with Crippen molar-refractivity contribution < 1.29 is 18.3 Å². The number of pyridine rings is 1. The van der Waals surface area contributed by atoms with Crippen LogP contribution in [0.25, 0.3) is 32.2 Å². The van der Waals surface area contributed by atoms with E-state index in [2.05, 4.69) is 53.5 Å². The van der Waals surface area contributed by atoms with Crippen LogP contribution >= 0.6 is 11.3 Å². The minimum Gasteiger partial charge on any atom is -0.463 e. The van der Waals surface area contributed by atoms with Gasteiger partial charge in [-0.25, -0.2) is 8.78 Å². The Morgan fingerprint density at radius 3 is 2.55 bits per heavy atom. The number of fused-ring (bicyclic) bond motifs is 2. The number of benzene rings is 1. The van der Waals surface area contributed by atoms with E-state index in [0.717, 1.165) is 63.2 Å². The summed E-state index contributed by atoms with van der Waals surface area (Å²) < 4.78 is 44.1. The third kappa shape index (κ3) is 6.09. The highest BCUT2D eigenvalue weighted by Crippen LogP contribution is 2.47. The molecule has 2 unspecified atom stereocenters. The molecule has 4 aromatic rings. The van der Waals surface area contributed by atoms with E-state index in [-0.39, 0.29) is 55.0 Å². The number of nitriles is 1. The molecule has 1 aliphatic carbocycles. The van der Waals surface area contributed by atoms with Gasteiger partial charge in [-0.2, -0.15) is 15.2 Å². The molecule has 0 bridgehead atoms. The highest BCUT2D eigenvalue weighted by atomic mass is 32.1. The lowest BCUT2D eigenvalue weighted by Gasteiger charge is -2.38. The number of nitrogens with two attached hydrogens (primary N) is 1. The Morgan fingerprint density at radius 2 is 1.85 bits per heavy atom. The minimum atomic E-state index is -0.675. The largest absolute Gasteiger partial charge is 0.463 e. The van der Waals surface area contributed by atoms with Crippen LogP contribution in [0.1, 0.15) is 58.9 Å². The molecule has 2 saturated heterocycles. The Morgan fingerprint density at radius 1 is 1.11 bits per heavy atom. The lowest BCUT2D eigenvalue weighted by molar-refractivity contribution is -0.0580. The number of thiophene rings is 1. The van der Waals surface area contributed by atoms with Gasteiger partial charge in [-0.05, 0) is 63.5 Å². The van der Waals surface area contributed by atoms with Crippen molar-refractivity contribution in [3.8, 4) is 23.3 Å². The average molecular weight is 662 g/mol. The number of anilines is 2. The molecule has 2 N–H and O–H groups in total. The van der Waals surface area contributed by atoms with E-state index < -0.39 is 11.6 Å². The molecule has 5 heterocycles. The lowest BCUT2D eigenvalue weighted by atomic mass is 10.0. The van der Waals surface area contributed by atoms with E-state index in [1.807, 2.05) is 0 Å². The number of ether oxygens (including phenoxy) is 2. The summed E-state index contributed by atoms with van der Waals surface area (Å²) in [7, 11) is 0. The summed E-state index contributed by atoms with van der Waals surface area (Å²) in [5.41, 5.74) is 6.52.